The Labute approximate surface area is 224 Å². The van der Waals surface area contributed by atoms with Crippen LogP contribution in [0.3, 0.4) is 0 Å². The minimum atomic E-state index is -1.03. The third kappa shape index (κ3) is 6.28. The zero-order chi connectivity index (χ0) is 27.5. The van der Waals surface area contributed by atoms with Crippen LogP contribution in [0.25, 0.3) is 16.6 Å². The van der Waals surface area contributed by atoms with Gasteiger partial charge in [-0.2, -0.15) is 5.10 Å². The van der Waals surface area contributed by atoms with Crippen LogP contribution in [0.2, 0.25) is 0 Å². The van der Waals surface area contributed by atoms with E-state index in [0.717, 1.165) is 29.5 Å². The summed E-state index contributed by atoms with van der Waals surface area (Å²) >= 11 is 0. The first-order chi connectivity index (χ1) is 18.0. The molecule has 0 unspecified atom stereocenters. The summed E-state index contributed by atoms with van der Waals surface area (Å²) in [6, 6.07) is 5.92. The fourth-order valence-corrected chi connectivity index (χ4v) is 4.35. The summed E-state index contributed by atoms with van der Waals surface area (Å²) in [6.07, 6.45) is 10.7. The Morgan fingerprint density at radius 2 is 1.89 bits per heavy atom. The molecule has 1 aliphatic heterocycles. The van der Waals surface area contributed by atoms with Crippen molar-refractivity contribution in [3.63, 3.8) is 0 Å². The number of hydrogen-bond donors (Lipinski definition) is 5. The van der Waals surface area contributed by atoms with Gasteiger partial charge in [-0.1, -0.05) is 25.3 Å². The standard InChI is InChI=1S/C29H39N7O2/c1-6-8-20(28(3,4)37)17-25(30)35-13-15-36(16-14-35)26(31)19-24(32-7-2)27-22-18-21(38-29(5)11-12-29)9-10-23(22)33-34-27/h6-10,17-19,31-32,37H,1-2,11-16,30H2,3-5H3,(H,33,34)/b20-8+,24-19?,25-17+,31-26?. The van der Waals surface area contributed by atoms with Crippen molar-refractivity contribution in [2.75, 3.05) is 26.2 Å². The summed E-state index contributed by atoms with van der Waals surface area (Å²) in [4.78, 5) is 4.06. The fourth-order valence-electron chi connectivity index (χ4n) is 4.35. The van der Waals surface area contributed by atoms with Gasteiger partial charge in [0.15, 0.2) is 0 Å². The Morgan fingerprint density at radius 1 is 1.21 bits per heavy atom. The number of allylic oxidation sites excluding steroid dienone is 2. The molecule has 1 aliphatic carbocycles. The molecule has 1 aromatic carbocycles. The predicted molar refractivity (Wildman–Crippen MR) is 153 cm³/mol. The van der Waals surface area contributed by atoms with Crippen LogP contribution in [-0.4, -0.2) is 68.3 Å². The summed E-state index contributed by atoms with van der Waals surface area (Å²) in [5.74, 6) is 1.76. The highest BCUT2D eigenvalue weighted by atomic mass is 16.5. The van der Waals surface area contributed by atoms with Crippen molar-refractivity contribution < 1.29 is 9.84 Å². The minimum Gasteiger partial charge on any atom is -0.488 e. The zero-order valence-corrected chi connectivity index (χ0v) is 22.6. The van der Waals surface area contributed by atoms with Crippen LogP contribution in [0.4, 0.5) is 0 Å². The number of nitrogens with two attached hydrogens (primary N) is 1. The maximum Gasteiger partial charge on any atom is 0.122 e. The number of nitrogens with zero attached hydrogens (tertiary/aromatic N) is 3. The number of benzene rings is 1. The molecule has 9 nitrogen and oxygen atoms in total. The third-order valence-corrected chi connectivity index (χ3v) is 6.94. The van der Waals surface area contributed by atoms with Gasteiger partial charge in [0.05, 0.1) is 22.6 Å². The van der Waals surface area contributed by atoms with Gasteiger partial charge in [0.25, 0.3) is 0 Å². The highest BCUT2D eigenvalue weighted by Gasteiger charge is 2.40. The lowest BCUT2D eigenvalue weighted by molar-refractivity contribution is 0.123. The van der Waals surface area contributed by atoms with E-state index in [0.29, 0.717) is 54.8 Å². The first-order valence-electron chi connectivity index (χ1n) is 12.9. The Hall–Kier alpha value is -3.98. The molecule has 0 radical (unpaired) electrons. The first kappa shape index (κ1) is 27.1. The number of aromatic amines is 1. The van der Waals surface area contributed by atoms with Gasteiger partial charge in [-0.05, 0) is 69.7 Å². The minimum absolute atomic E-state index is 0.0731. The number of hydrogen-bond acceptors (Lipinski definition) is 7. The Kier molecular flexibility index (Phi) is 7.68. The van der Waals surface area contributed by atoms with Crippen molar-refractivity contribution in [1.82, 2.24) is 25.3 Å². The van der Waals surface area contributed by atoms with Crippen molar-refractivity contribution in [1.29, 1.82) is 5.41 Å². The van der Waals surface area contributed by atoms with Crippen molar-refractivity contribution in [2.45, 2.75) is 44.8 Å². The van der Waals surface area contributed by atoms with E-state index < -0.39 is 5.60 Å². The second-order valence-corrected chi connectivity index (χ2v) is 10.6. The van der Waals surface area contributed by atoms with E-state index in [4.69, 9.17) is 15.9 Å². The van der Waals surface area contributed by atoms with Crippen molar-refractivity contribution in [3.8, 4) is 5.75 Å². The number of H-pyrrole nitrogens is 1. The average Bonchev–Trinajstić information content (AvgIpc) is 3.45. The summed E-state index contributed by atoms with van der Waals surface area (Å²) in [6.45, 7) is 15.7. The maximum absolute atomic E-state index is 10.4. The van der Waals surface area contributed by atoms with Crippen molar-refractivity contribution >= 4 is 22.4 Å². The quantitative estimate of drug-likeness (QED) is 0.184. The van der Waals surface area contributed by atoms with E-state index >= 15 is 0 Å². The number of ether oxygens (including phenoxy) is 1. The number of nitrogens with one attached hydrogen (secondary N) is 3. The number of piperazine rings is 1. The number of aromatic nitrogens is 2. The summed E-state index contributed by atoms with van der Waals surface area (Å²) in [5, 5.41) is 30.9. The molecule has 1 aromatic heterocycles. The molecule has 2 aromatic rings. The highest BCUT2D eigenvalue weighted by Crippen LogP contribution is 2.40. The molecule has 2 aliphatic rings. The molecule has 4 rings (SSSR count). The zero-order valence-electron chi connectivity index (χ0n) is 22.6. The third-order valence-electron chi connectivity index (χ3n) is 6.94. The normalized spacial score (nSPS) is 18.4. The van der Waals surface area contributed by atoms with Crippen LogP contribution in [-0.2, 0) is 0 Å². The lowest BCUT2D eigenvalue weighted by Gasteiger charge is -2.37. The number of fused-ring (bicyclic) bond motifs is 1. The van der Waals surface area contributed by atoms with E-state index in [1.54, 1.807) is 44.4 Å². The lowest BCUT2D eigenvalue weighted by Crippen LogP contribution is -2.49. The largest absolute Gasteiger partial charge is 0.488 e. The number of aliphatic hydroxyl groups is 1. The number of rotatable bonds is 10. The molecule has 38 heavy (non-hydrogen) atoms. The molecule has 6 N–H and O–H groups in total. The highest BCUT2D eigenvalue weighted by molar-refractivity contribution is 6.00. The van der Waals surface area contributed by atoms with Crippen LogP contribution >= 0.6 is 0 Å². The van der Waals surface area contributed by atoms with Gasteiger partial charge in [0, 0.05) is 37.6 Å². The van der Waals surface area contributed by atoms with Gasteiger partial charge in [-0.25, -0.2) is 0 Å². The molecule has 9 heteroatoms. The Morgan fingerprint density at radius 3 is 2.50 bits per heavy atom. The molecule has 0 amide bonds. The smallest absolute Gasteiger partial charge is 0.122 e. The molecule has 2 fully saturated rings. The fraction of sp³-hybridized carbons (Fsp3) is 0.379. The summed E-state index contributed by atoms with van der Waals surface area (Å²) < 4.78 is 6.15. The van der Waals surface area contributed by atoms with Gasteiger partial charge >= 0.3 is 0 Å². The second-order valence-electron chi connectivity index (χ2n) is 10.6. The molecule has 0 bridgehead atoms. The van der Waals surface area contributed by atoms with Crippen molar-refractivity contribution in [3.05, 3.63) is 78.9 Å². The lowest BCUT2D eigenvalue weighted by atomic mass is 9.97. The van der Waals surface area contributed by atoms with E-state index in [1.165, 1.54) is 0 Å². The van der Waals surface area contributed by atoms with Crippen LogP contribution in [0, 0.1) is 5.41 Å². The first-order valence-corrected chi connectivity index (χ1v) is 12.9. The van der Waals surface area contributed by atoms with Gasteiger partial charge in [0.2, 0.25) is 0 Å². The summed E-state index contributed by atoms with van der Waals surface area (Å²) in [7, 11) is 0. The molecule has 202 valence electrons. The SMILES string of the molecule is C=C/C=C(\C=C(/N)N1CCN(C(=N)C=C(NC=C)c2n[nH]c3ccc(OC4(C)CC4)cc23)CC1)C(C)(C)O. The van der Waals surface area contributed by atoms with Crippen molar-refractivity contribution in [2.24, 2.45) is 5.73 Å². The van der Waals surface area contributed by atoms with Crippen LogP contribution in [0.5, 0.6) is 5.75 Å². The van der Waals surface area contributed by atoms with E-state index in [-0.39, 0.29) is 5.60 Å². The molecular weight excluding hydrogens is 478 g/mol. The van der Waals surface area contributed by atoms with Gasteiger partial charge in [0.1, 0.15) is 22.9 Å². The molecule has 1 saturated carbocycles. The summed E-state index contributed by atoms with van der Waals surface area (Å²) in [5.41, 5.74) is 8.23. The molecule has 0 atom stereocenters. The number of amidine groups is 1. The monoisotopic (exact) mass is 517 g/mol. The van der Waals surface area contributed by atoms with Crippen LogP contribution in [0.15, 0.2) is 73.3 Å². The van der Waals surface area contributed by atoms with E-state index in [1.807, 2.05) is 23.1 Å². The molecule has 2 heterocycles. The van der Waals surface area contributed by atoms with E-state index in [2.05, 4.69) is 40.5 Å². The Bertz CT molecular complexity index is 1300. The van der Waals surface area contributed by atoms with E-state index in [9.17, 15) is 5.11 Å². The second kappa shape index (κ2) is 10.8. The molecule has 0 spiro atoms. The average molecular weight is 518 g/mol. The van der Waals surface area contributed by atoms with Crippen LogP contribution < -0.4 is 15.8 Å². The molecular formula is C29H39N7O2. The van der Waals surface area contributed by atoms with Gasteiger partial charge in [-0.15, -0.1) is 0 Å². The predicted octanol–water partition coefficient (Wildman–Crippen LogP) is 3.85. The Balaban J connectivity index is 1.48. The maximum atomic E-state index is 10.4. The van der Waals surface area contributed by atoms with Gasteiger partial charge < -0.3 is 30.7 Å². The van der Waals surface area contributed by atoms with Crippen LogP contribution in [0.1, 0.15) is 39.3 Å². The van der Waals surface area contributed by atoms with Gasteiger partial charge in [-0.3, -0.25) is 10.5 Å². The topological polar surface area (TPSA) is 127 Å². The molecule has 1 saturated heterocycles.